The molecule has 1 N–H and O–H groups in total. The van der Waals surface area contributed by atoms with E-state index < -0.39 is 77.1 Å². The Morgan fingerprint density at radius 2 is 1.72 bits per heavy atom. The quantitative estimate of drug-likeness (QED) is 0.385. The zero-order chi connectivity index (χ0) is 24.2. The van der Waals surface area contributed by atoms with Crippen LogP contribution in [-0.2, 0) is 38.1 Å². The van der Waals surface area contributed by atoms with Crippen molar-refractivity contribution < 1.29 is 43.2 Å². The lowest BCUT2D eigenvalue weighted by molar-refractivity contribution is -0.280. The van der Waals surface area contributed by atoms with Gasteiger partial charge in [-0.05, 0) is 19.8 Å². The number of fused-ring (bicyclic) bond motifs is 2. The van der Waals surface area contributed by atoms with Gasteiger partial charge in [0.15, 0.2) is 6.10 Å². The van der Waals surface area contributed by atoms with Crippen molar-refractivity contribution in [3.8, 4) is 0 Å². The van der Waals surface area contributed by atoms with Gasteiger partial charge in [-0.2, -0.15) is 0 Å². The van der Waals surface area contributed by atoms with Crippen LogP contribution >= 0.6 is 0 Å². The van der Waals surface area contributed by atoms with Crippen molar-refractivity contribution in [3.05, 3.63) is 12.2 Å². The average Bonchev–Trinajstić information content (AvgIpc) is 2.94. The fourth-order valence-electron chi connectivity index (χ4n) is 5.80. The fourth-order valence-corrected chi connectivity index (χ4v) is 5.80. The summed E-state index contributed by atoms with van der Waals surface area (Å²) in [5, 5.41) is 11.5. The average molecular weight is 453 g/mol. The van der Waals surface area contributed by atoms with Crippen molar-refractivity contribution in [2.45, 2.75) is 84.4 Å². The molecule has 1 saturated heterocycles. The Kier molecular flexibility index (Phi) is 6.19. The Labute approximate surface area is 187 Å². The third-order valence-corrected chi connectivity index (χ3v) is 7.13. The van der Waals surface area contributed by atoms with Crippen molar-refractivity contribution >= 4 is 23.9 Å². The molecule has 0 spiro atoms. The van der Waals surface area contributed by atoms with Crippen LogP contribution in [-0.4, -0.2) is 59.0 Å². The van der Waals surface area contributed by atoms with E-state index in [9.17, 15) is 24.3 Å². The van der Waals surface area contributed by atoms with Gasteiger partial charge < -0.3 is 24.1 Å². The first-order valence-electron chi connectivity index (χ1n) is 10.9. The van der Waals surface area contributed by atoms with E-state index in [1.807, 2.05) is 0 Å². The zero-order valence-electron chi connectivity index (χ0n) is 19.4. The van der Waals surface area contributed by atoms with Crippen LogP contribution < -0.4 is 0 Å². The van der Waals surface area contributed by atoms with Crippen molar-refractivity contribution in [2.75, 3.05) is 0 Å². The van der Waals surface area contributed by atoms with Gasteiger partial charge in [0.2, 0.25) is 0 Å². The van der Waals surface area contributed by atoms with Crippen LogP contribution in [0, 0.1) is 23.2 Å². The number of hydrogen-bond acceptors (Lipinski definition) is 9. The summed E-state index contributed by atoms with van der Waals surface area (Å²) in [5.41, 5.74) is -2.52. The third kappa shape index (κ3) is 3.80. The van der Waals surface area contributed by atoms with E-state index in [0.29, 0.717) is 0 Å². The molecule has 1 aliphatic heterocycles. The van der Waals surface area contributed by atoms with Gasteiger partial charge in [-0.15, -0.1) is 0 Å². The van der Waals surface area contributed by atoms with Crippen LogP contribution in [0.2, 0.25) is 0 Å². The molecule has 0 radical (unpaired) electrons. The summed E-state index contributed by atoms with van der Waals surface area (Å²) in [5.74, 6) is -4.48. The van der Waals surface area contributed by atoms with Gasteiger partial charge in [-0.25, -0.2) is 4.79 Å². The molecule has 0 aromatic heterocycles. The van der Waals surface area contributed by atoms with Crippen LogP contribution in [0.5, 0.6) is 0 Å². The van der Waals surface area contributed by atoms with Crippen molar-refractivity contribution in [3.63, 3.8) is 0 Å². The van der Waals surface area contributed by atoms with Gasteiger partial charge in [0.05, 0.1) is 22.9 Å². The minimum Gasteiger partial charge on any atom is -0.462 e. The van der Waals surface area contributed by atoms with Crippen LogP contribution in [0.25, 0.3) is 0 Å². The van der Waals surface area contributed by atoms with E-state index in [-0.39, 0.29) is 18.4 Å². The third-order valence-electron chi connectivity index (χ3n) is 7.13. The Balaban J connectivity index is 2.23. The predicted molar refractivity (Wildman–Crippen MR) is 110 cm³/mol. The molecule has 0 amide bonds. The highest BCUT2D eigenvalue weighted by atomic mass is 16.6. The lowest BCUT2D eigenvalue weighted by Gasteiger charge is -2.61. The van der Waals surface area contributed by atoms with E-state index in [1.54, 1.807) is 27.7 Å². The molecule has 0 bridgehead atoms. The molecule has 0 aromatic carbocycles. The van der Waals surface area contributed by atoms with Crippen molar-refractivity contribution in [1.29, 1.82) is 0 Å². The van der Waals surface area contributed by atoms with E-state index in [4.69, 9.17) is 18.9 Å². The van der Waals surface area contributed by atoms with Crippen LogP contribution in [0.15, 0.2) is 12.2 Å². The number of ether oxygens (including phenoxy) is 4. The minimum atomic E-state index is -1.39. The Morgan fingerprint density at radius 1 is 1.12 bits per heavy atom. The van der Waals surface area contributed by atoms with Gasteiger partial charge in [-0.1, -0.05) is 27.4 Å². The highest BCUT2D eigenvalue weighted by Gasteiger charge is 2.72. The Hall–Kier alpha value is -2.42. The molecule has 1 heterocycles. The van der Waals surface area contributed by atoms with E-state index in [1.165, 1.54) is 13.8 Å². The number of carbonyl (C=O) groups excluding carboxylic acids is 4. The maximum atomic E-state index is 12.7. The normalized spacial score (nSPS) is 40.8. The highest BCUT2D eigenvalue weighted by molar-refractivity contribution is 5.91. The van der Waals surface area contributed by atoms with Gasteiger partial charge >= 0.3 is 23.9 Å². The molecule has 3 aliphatic rings. The van der Waals surface area contributed by atoms with Crippen molar-refractivity contribution in [1.82, 2.24) is 0 Å². The monoisotopic (exact) mass is 452 g/mol. The van der Waals surface area contributed by atoms with Crippen LogP contribution in [0.3, 0.4) is 0 Å². The summed E-state index contributed by atoms with van der Waals surface area (Å²) in [7, 11) is 0. The molecule has 8 atom stereocenters. The second-order valence-electron chi connectivity index (χ2n) is 9.84. The molecule has 2 aliphatic carbocycles. The number of carbonyl (C=O) groups is 4. The first-order valence-corrected chi connectivity index (χ1v) is 10.9. The highest BCUT2D eigenvalue weighted by Crippen LogP contribution is 2.60. The van der Waals surface area contributed by atoms with Crippen LogP contribution in [0.4, 0.5) is 0 Å². The molecule has 2 saturated carbocycles. The molecule has 178 valence electrons. The number of aliphatic hydroxyl groups is 1. The van der Waals surface area contributed by atoms with Gasteiger partial charge in [-0.3, -0.25) is 14.4 Å². The van der Waals surface area contributed by atoms with E-state index in [2.05, 4.69) is 6.58 Å². The summed E-state index contributed by atoms with van der Waals surface area (Å²) in [6, 6.07) is 0. The first-order chi connectivity index (χ1) is 14.7. The van der Waals surface area contributed by atoms with E-state index in [0.717, 1.165) is 0 Å². The largest absolute Gasteiger partial charge is 0.462 e. The second-order valence-corrected chi connectivity index (χ2v) is 9.84. The zero-order valence-corrected chi connectivity index (χ0v) is 19.4. The smallest absolute Gasteiger partial charge is 0.334 e. The molecule has 9 nitrogen and oxygen atoms in total. The first kappa shape index (κ1) is 24.2. The lowest BCUT2D eigenvalue weighted by atomic mass is 9.49. The summed E-state index contributed by atoms with van der Waals surface area (Å²) in [6.07, 6.45) is -3.30. The Bertz CT molecular complexity index is 844. The number of rotatable bonds is 4. The second kappa shape index (κ2) is 8.17. The molecule has 0 unspecified atom stereocenters. The molecule has 0 aromatic rings. The topological polar surface area (TPSA) is 125 Å². The predicted octanol–water partition coefficient (Wildman–Crippen LogP) is 1.70. The molecule has 9 heteroatoms. The number of esters is 4. The summed E-state index contributed by atoms with van der Waals surface area (Å²) in [4.78, 5) is 49.2. The maximum absolute atomic E-state index is 12.7. The summed E-state index contributed by atoms with van der Waals surface area (Å²) >= 11 is 0. The van der Waals surface area contributed by atoms with Gasteiger partial charge in [0, 0.05) is 25.3 Å². The molecular formula is C23H32O9. The molecule has 3 fully saturated rings. The summed E-state index contributed by atoms with van der Waals surface area (Å²) < 4.78 is 22.8. The molecule has 32 heavy (non-hydrogen) atoms. The molecule has 3 rings (SSSR count). The SMILES string of the molecule is C=C1C(=O)O[C@H]2[C@@H]1[C@H](OC(=O)C(C)C)[C@@H]1[C@@](C)([C@@H](OC(C)=O)CC[C@@]1(C)O)[C@H]2OC(C)=O. The van der Waals surface area contributed by atoms with Crippen LogP contribution in [0.1, 0.15) is 54.4 Å². The van der Waals surface area contributed by atoms with Crippen molar-refractivity contribution in [2.24, 2.45) is 23.2 Å². The van der Waals surface area contributed by atoms with E-state index >= 15 is 0 Å². The standard InChI is InChI=1S/C23H32O9/c1-10(2)20(26)31-16-15-11(3)21(27)32-17(15)19(30-13(5)25)23(7)14(29-12(4)24)8-9-22(6,28)18(16)23/h10,14-19,28H,3,8-9H2,1-2,4-7H3/t14-,15-,16-,17-,18-,19-,22+,23+/m0/s1. The summed E-state index contributed by atoms with van der Waals surface area (Å²) in [6.45, 7) is 13.0. The fraction of sp³-hybridized carbons (Fsp3) is 0.739. The lowest BCUT2D eigenvalue weighted by Crippen LogP contribution is -2.72. The Morgan fingerprint density at radius 3 is 2.25 bits per heavy atom. The molecular weight excluding hydrogens is 420 g/mol. The minimum absolute atomic E-state index is 0.0844. The van der Waals surface area contributed by atoms with Gasteiger partial charge in [0.1, 0.15) is 18.3 Å². The maximum Gasteiger partial charge on any atom is 0.334 e. The van der Waals surface area contributed by atoms with Gasteiger partial charge in [0.25, 0.3) is 0 Å². The number of hydrogen-bond donors (Lipinski definition) is 1.